The number of hydrogen-bond donors (Lipinski definition) is 1. The molecule has 0 aromatic rings. The smallest absolute Gasteiger partial charge is 0.460 e. The molecule has 0 rings (SSSR count). The molecule has 1 atom stereocenters. The Morgan fingerprint density at radius 1 is 0.714 bits per heavy atom. The fraction of sp³-hybridized carbons (Fsp3) is 0.917. The first-order valence-electron chi connectivity index (χ1n) is 13.3. The summed E-state index contributed by atoms with van der Waals surface area (Å²) in [5, 5.41) is 9.65. The second-order valence-electron chi connectivity index (χ2n) is 9.21. The summed E-state index contributed by atoms with van der Waals surface area (Å²) in [6, 6.07) is 0. The van der Waals surface area contributed by atoms with Gasteiger partial charge in [-0.15, -0.1) is 4.33 Å². The van der Waals surface area contributed by atoms with Crippen molar-refractivity contribution < 1.29 is 77.9 Å². The van der Waals surface area contributed by atoms with Crippen molar-refractivity contribution in [2.45, 2.75) is 113 Å². The highest BCUT2D eigenvalue weighted by Crippen LogP contribution is 2.54. The van der Waals surface area contributed by atoms with Gasteiger partial charge < -0.3 is 14.2 Å². The lowest BCUT2D eigenvalue weighted by Gasteiger charge is -2.33. The Bertz CT molecular complexity index is 758. The first-order valence-corrected chi connectivity index (χ1v) is 14.1. The first kappa shape index (κ1) is 40.5. The number of esters is 2. The maximum atomic E-state index is 13.6. The summed E-state index contributed by atoms with van der Waals surface area (Å²) >= 11 is -0.0912. The van der Waals surface area contributed by atoms with Crippen molar-refractivity contribution >= 4 is 24.0 Å². The van der Waals surface area contributed by atoms with E-state index in [0.717, 1.165) is 25.7 Å². The maximum absolute atomic E-state index is 13.6. The predicted molar refractivity (Wildman–Crippen MR) is 131 cm³/mol. The zero-order chi connectivity index (χ0) is 32.3. The molecule has 0 saturated carbocycles. The van der Waals surface area contributed by atoms with Gasteiger partial charge >= 0.3 is 35.9 Å². The molecule has 42 heavy (non-hydrogen) atoms. The van der Waals surface area contributed by atoms with Crippen LogP contribution in [0.4, 0.5) is 39.5 Å². The summed E-state index contributed by atoms with van der Waals surface area (Å²) in [6.45, 7) is 0.605. The van der Waals surface area contributed by atoms with Crippen LogP contribution in [0.2, 0.25) is 0 Å². The molecule has 0 aromatic heterocycles. The molecule has 0 spiro atoms. The molecule has 0 saturated heterocycles. The van der Waals surface area contributed by atoms with E-state index in [0.29, 0.717) is 6.61 Å². The first-order chi connectivity index (χ1) is 19.5. The van der Waals surface area contributed by atoms with Crippen molar-refractivity contribution in [1.82, 2.24) is 0 Å². The van der Waals surface area contributed by atoms with Gasteiger partial charge in [0.25, 0.3) is 0 Å². The minimum Gasteiger partial charge on any atom is -0.465 e. The highest BCUT2D eigenvalue weighted by Gasteiger charge is 2.81. The van der Waals surface area contributed by atoms with Gasteiger partial charge in [-0.25, -0.2) is 5.26 Å². The van der Waals surface area contributed by atoms with Gasteiger partial charge in [0.15, 0.2) is 0 Å². The van der Waals surface area contributed by atoms with E-state index in [-0.39, 0.29) is 25.3 Å². The molecular weight excluding hydrogens is 619 g/mol. The molecule has 8 nitrogen and oxygen atoms in total. The summed E-state index contributed by atoms with van der Waals surface area (Å²) in [5.41, 5.74) is 0. The van der Waals surface area contributed by atoms with Crippen molar-refractivity contribution in [1.29, 1.82) is 0 Å². The molecule has 0 aliphatic carbocycles. The Labute approximate surface area is 241 Å². The molecule has 0 aliphatic rings. The van der Waals surface area contributed by atoms with Crippen LogP contribution in [0.3, 0.4) is 0 Å². The Balaban J connectivity index is 4.41. The molecule has 1 N–H and O–H groups in total. The van der Waals surface area contributed by atoms with Gasteiger partial charge in [-0.05, 0) is 6.42 Å². The van der Waals surface area contributed by atoms with Crippen molar-refractivity contribution in [3.63, 3.8) is 0 Å². The number of carbonyl (C=O) groups excluding carboxylic acids is 2. The number of hydrogen-bond acceptors (Lipinski definition) is 9. The average Bonchev–Trinajstić information content (AvgIpc) is 2.90. The molecule has 0 aromatic carbocycles. The third-order valence-electron chi connectivity index (χ3n) is 5.80. The van der Waals surface area contributed by atoms with Crippen LogP contribution >= 0.6 is 12.0 Å². The minimum atomic E-state index is -7.08. The van der Waals surface area contributed by atoms with E-state index in [4.69, 9.17) is 14.7 Å². The predicted octanol–water partition coefficient (Wildman–Crippen LogP) is 7.70. The number of carbonyl (C=O) groups is 2. The third kappa shape index (κ3) is 14.8. The fourth-order valence-electron chi connectivity index (χ4n) is 3.38. The largest absolute Gasteiger partial charge is 0.465 e. The lowest BCUT2D eigenvalue weighted by Crippen LogP contribution is -2.61. The van der Waals surface area contributed by atoms with Gasteiger partial charge in [0.05, 0.1) is 38.1 Å². The topological polar surface area (TPSA) is 101 Å². The Morgan fingerprint density at radius 3 is 1.79 bits per heavy atom. The summed E-state index contributed by atoms with van der Waals surface area (Å²) in [5.74, 6) is -22.6. The van der Waals surface area contributed by atoms with Crippen LogP contribution < -0.4 is 0 Å². The second-order valence-corrected chi connectivity index (χ2v) is 10.1. The van der Waals surface area contributed by atoms with E-state index in [1.54, 1.807) is 0 Å². The molecule has 0 bridgehead atoms. The van der Waals surface area contributed by atoms with Gasteiger partial charge in [-0.1, -0.05) is 69.7 Å². The normalized spacial score (nSPS) is 13.7. The van der Waals surface area contributed by atoms with Crippen LogP contribution in [-0.2, 0) is 33.2 Å². The molecule has 18 heteroatoms. The number of halogens is 9. The number of alkyl halides is 9. The van der Waals surface area contributed by atoms with E-state index in [1.165, 1.54) is 38.5 Å². The van der Waals surface area contributed by atoms with Gasteiger partial charge in [-0.2, -0.15) is 39.5 Å². The van der Waals surface area contributed by atoms with Crippen LogP contribution in [0.1, 0.15) is 84.0 Å². The molecule has 1 unspecified atom stereocenters. The van der Waals surface area contributed by atoms with Crippen molar-refractivity contribution in [3.05, 3.63) is 0 Å². The van der Waals surface area contributed by atoms with E-state index in [1.807, 2.05) is 0 Å². The van der Waals surface area contributed by atoms with E-state index in [9.17, 15) is 49.1 Å². The molecule has 0 amide bonds. The number of rotatable bonds is 25. The van der Waals surface area contributed by atoms with Gasteiger partial charge in [0, 0.05) is 6.61 Å². The van der Waals surface area contributed by atoms with Crippen LogP contribution in [0.15, 0.2) is 0 Å². The van der Waals surface area contributed by atoms with Crippen molar-refractivity contribution in [3.8, 4) is 0 Å². The average molecular weight is 657 g/mol. The van der Waals surface area contributed by atoms with E-state index < -0.39 is 60.6 Å². The number of ether oxygens (including phenoxy) is 3. The minimum absolute atomic E-state index is 0.00747. The molecule has 0 heterocycles. The van der Waals surface area contributed by atoms with Crippen LogP contribution in [0, 0.1) is 0 Å². The lowest BCUT2D eigenvalue weighted by molar-refractivity contribution is -0.432. The highest BCUT2D eigenvalue weighted by atomic mass is 32.2. The molecule has 0 fully saturated rings. The van der Waals surface area contributed by atoms with Crippen molar-refractivity contribution in [2.24, 2.45) is 0 Å². The molecule has 250 valence electrons. The molecule has 0 aliphatic heterocycles. The Kier molecular flexibility index (Phi) is 19.7. The highest BCUT2D eigenvalue weighted by molar-refractivity contribution is 7.95. The zero-order valence-electron chi connectivity index (χ0n) is 23.0. The molecular formula is C24H37F9O8S. The van der Waals surface area contributed by atoms with Gasteiger partial charge in [0.1, 0.15) is 11.9 Å². The van der Waals surface area contributed by atoms with E-state index in [2.05, 4.69) is 21.0 Å². The molecule has 0 radical (unpaired) electrons. The maximum Gasteiger partial charge on any atom is 0.460 e. The van der Waals surface area contributed by atoms with Gasteiger partial charge in [-0.3, -0.25) is 9.59 Å². The standard InChI is InChI=1S/C24H37F9O8S/c1-2-3-4-5-6-7-8-9-10-11-13-37-15-16-38-19(34)17-18(42-41-40-36)20(35)39-14-12-21(25,26)22(27,28)23(29,30)24(31,32)33/h18,36H,2-17H2,1H3. The fourth-order valence-corrected chi connectivity index (χ4v) is 3.86. The summed E-state index contributed by atoms with van der Waals surface area (Å²) in [6.07, 6.45) is 1.06. The quantitative estimate of drug-likeness (QED) is 0.0265. The van der Waals surface area contributed by atoms with Crippen LogP contribution in [0.25, 0.3) is 0 Å². The second kappa shape index (κ2) is 20.5. The van der Waals surface area contributed by atoms with E-state index >= 15 is 0 Å². The summed E-state index contributed by atoms with van der Waals surface area (Å²) in [7, 11) is 0. The third-order valence-corrected chi connectivity index (χ3v) is 6.53. The zero-order valence-corrected chi connectivity index (χ0v) is 23.8. The Morgan fingerprint density at radius 2 is 1.26 bits per heavy atom. The summed E-state index contributed by atoms with van der Waals surface area (Å²) in [4.78, 5) is 24.0. The summed E-state index contributed by atoms with van der Waals surface area (Å²) < 4.78 is 134. The van der Waals surface area contributed by atoms with Gasteiger partial charge in [0.2, 0.25) is 0 Å². The SMILES string of the molecule is CCCCCCCCCCCCOCCOC(=O)CC(SOOO)C(=O)OCCC(F)(F)C(F)(F)C(F)(F)C(F)(F)F. The number of unbranched alkanes of at least 4 members (excludes halogenated alkanes) is 9. The van der Waals surface area contributed by atoms with Crippen LogP contribution in [0.5, 0.6) is 0 Å². The van der Waals surface area contributed by atoms with Crippen molar-refractivity contribution in [2.75, 3.05) is 26.4 Å². The monoisotopic (exact) mass is 656 g/mol. The van der Waals surface area contributed by atoms with Crippen LogP contribution in [-0.4, -0.2) is 72.8 Å². The Hall–Kier alpha value is -1.50. The lowest BCUT2D eigenvalue weighted by atomic mass is 10.0.